The zero-order valence-corrected chi connectivity index (χ0v) is 9.25. The largest absolute Gasteiger partial charge is 0.310 e. The first-order valence-electron chi connectivity index (χ1n) is 5.18. The number of hydrogen-bond donors (Lipinski definition) is 1. The van der Waals surface area contributed by atoms with Crippen molar-refractivity contribution >= 4 is 0 Å². The lowest BCUT2D eigenvalue weighted by Crippen LogP contribution is -2.50. The molecule has 0 saturated heterocycles. The van der Waals surface area contributed by atoms with E-state index in [0.29, 0.717) is 18.1 Å². The Bertz CT molecular complexity index is 173. The average Bonchev–Trinajstić information content (AvgIpc) is 2.03. The Hall–Kier alpha value is -0.340. The minimum Gasteiger partial charge on any atom is -0.310 e. The lowest BCUT2D eigenvalue weighted by Gasteiger charge is -2.35. The third-order valence-electron chi connectivity index (χ3n) is 2.61. The van der Waals surface area contributed by atoms with Gasteiger partial charge in [-0.15, -0.1) is 0 Å². The van der Waals surface area contributed by atoms with Gasteiger partial charge in [-0.2, -0.15) is 0 Å². The standard InChI is InChI=1S/C11H22N2/c1-9(2)12-10-7-5-6-8-11(10)13(3)4/h5-6,9-12H,7-8H2,1-4H3/t10-,11-/m0/s1. The molecule has 0 fully saturated rings. The van der Waals surface area contributed by atoms with E-state index in [2.05, 4.69) is 50.3 Å². The number of hydrogen-bond acceptors (Lipinski definition) is 2. The lowest BCUT2D eigenvalue weighted by atomic mass is 9.94. The molecule has 2 nitrogen and oxygen atoms in total. The van der Waals surface area contributed by atoms with Crippen LogP contribution in [0, 0.1) is 0 Å². The summed E-state index contributed by atoms with van der Waals surface area (Å²) in [6, 6.07) is 1.87. The second-order valence-corrected chi connectivity index (χ2v) is 4.40. The second kappa shape index (κ2) is 4.77. The number of likely N-dealkylation sites (N-methyl/N-ethyl adjacent to an activating group) is 1. The molecule has 0 saturated carbocycles. The maximum Gasteiger partial charge on any atom is 0.0280 e. The van der Waals surface area contributed by atoms with Crippen LogP contribution in [0.1, 0.15) is 26.7 Å². The molecule has 1 aliphatic rings. The third-order valence-corrected chi connectivity index (χ3v) is 2.61. The monoisotopic (exact) mass is 182 g/mol. The Morgan fingerprint density at radius 3 is 2.38 bits per heavy atom. The van der Waals surface area contributed by atoms with Gasteiger partial charge < -0.3 is 10.2 Å². The summed E-state index contributed by atoms with van der Waals surface area (Å²) >= 11 is 0. The SMILES string of the molecule is CC(C)N[C@H]1CC=CC[C@@H]1N(C)C. The molecule has 0 heterocycles. The molecule has 0 amide bonds. The highest BCUT2D eigenvalue weighted by Gasteiger charge is 2.23. The average molecular weight is 182 g/mol. The van der Waals surface area contributed by atoms with E-state index in [1.165, 1.54) is 12.8 Å². The summed E-state index contributed by atoms with van der Waals surface area (Å²) < 4.78 is 0. The van der Waals surface area contributed by atoms with E-state index in [0.717, 1.165) is 0 Å². The summed E-state index contributed by atoms with van der Waals surface area (Å²) in [7, 11) is 4.33. The van der Waals surface area contributed by atoms with E-state index in [-0.39, 0.29) is 0 Å². The van der Waals surface area contributed by atoms with Crippen molar-refractivity contribution in [2.75, 3.05) is 14.1 Å². The highest BCUT2D eigenvalue weighted by molar-refractivity contribution is 5.01. The van der Waals surface area contributed by atoms with Crippen LogP contribution >= 0.6 is 0 Å². The Balaban J connectivity index is 2.53. The third kappa shape index (κ3) is 3.12. The molecule has 0 spiro atoms. The molecule has 1 aliphatic carbocycles. The van der Waals surface area contributed by atoms with Crippen molar-refractivity contribution < 1.29 is 0 Å². The molecular formula is C11H22N2. The van der Waals surface area contributed by atoms with Crippen molar-refractivity contribution in [3.05, 3.63) is 12.2 Å². The normalized spacial score (nSPS) is 28.8. The van der Waals surface area contributed by atoms with Crippen molar-refractivity contribution in [1.82, 2.24) is 10.2 Å². The first-order chi connectivity index (χ1) is 6.11. The van der Waals surface area contributed by atoms with Crippen LogP contribution in [0.4, 0.5) is 0 Å². The topological polar surface area (TPSA) is 15.3 Å². The Morgan fingerprint density at radius 2 is 1.85 bits per heavy atom. The van der Waals surface area contributed by atoms with E-state index in [1.807, 2.05) is 0 Å². The Labute approximate surface area is 82.0 Å². The van der Waals surface area contributed by atoms with Crippen molar-refractivity contribution in [2.45, 2.75) is 44.8 Å². The van der Waals surface area contributed by atoms with Crippen LogP contribution in [0.5, 0.6) is 0 Å². The minimum atomic E-state index is 0.582. The van der Waals surface area contributed by atoms with Crippen LogP contribution in [0.25, 0.3) is 0 Å². The predicted octanol–water partition coefficient (Wildman–Crippen LogP) is 1.63. The zero-order valence-electron chi connectivity index (χ0n) is 9.25. The van der Waals surface area contributed by atoms with Gasteiger partial charge in [-0.05, 0) is 26.9 Å². The molecule has 0 aromatic rings. The summed E-state index contributed by atoms with van der Waals surface area (Å²) in [5, 5.41) is 3.62. The first kappa shape index (κ1) is 10.7. The molecule has 0 aliphatic heterocycles. The van der Waals surface area contributed by atoms with Gasteiger partial charge in [0.2, 0.25) is 0 Å². The summed E-state index contributed by atoms with van der Waals surface area (Å²) in [6.45, 7) is 4.43. The number of nitrogens with zero attached hydrogens (tertiary/aromatic N) is 1. The lowest BCUT2D eigenvalue weighted by molar-refractivity contribution is 0.215. The van der Waals surface area contributed by atoms with Crippen LogP contribution in [0.2, 0.25) is 0 Å². The Morgan fingerprint density at radius 1 is 1.23 bits per heavy atom. The van der Waals surface area contributed by atoms with Gasteiger partial charge >= 0.3 is 0 Å². The number of nitrogens with one attached hydrogen (secondary N) is 1. The van der Waals surface area contributed by atoms with Gasteiger partial charge in [-0.1, -0.05) is 26.0 Å². The van der Waals surface area contributed by atoms with Gasteiger partial charge in [-0.25, -0.2) is 0 Å². The van der Waals surface area contributed by atoms with Crippen molar-refractivity contribution in [3.8, 4) is 0 Å². The molecule has 0 aromatic carbocycles. The van der Waals surface area contributed by atoms with Crippen molar-refractivity contribution in [1.29, 1.82) is 0 Å². The van der Waals surface area contributed by atoms with Crippen LogP contribution in [0.3, 0.4) is 0 Å². The van der Waals surface area contributed by atoms with Gasteiger partial charge in [0.1, 0.15) is 0 Å². The summed E-state index contributed by atoms with van der Waals surface area (Å²) in [4.78, 5) is 2.32. The second-order valence-electron chi connectivity index (χ2n) is 4.40. The highest BCUT2D eigenvalue weighted by Crippen LogP contribution is 2.16. The van der Waals surface area contributed by atoms with Gasteiger partial charge in [0.25, 0.3) is 0 Å². The molecule has 13 heavy (non-hydrogen) atoms. The van der Waals surface area contributed by atoms with Crippen LogP contribution in [0.15, 0.2) is 12.2 Å². The predicted molar refractivity (Wildman–Crippen MR) is 57.9 cm³/mol. The van der Waals surface area contributed by atoms with Gasteiger partial charge in [0, 0.05) is 18.1 Å². The van der Waals surface area contributed by atoms with Gasteiger partial charge in [0.15, 0.2) is 0 Å². The summed E-state index contributed by atoms with van der Waals surface area (Å²) in [5.74, 6) is 0. The quantitative estimate of drug-likeness (QED) is 0.667. The molecular weight excluding hydrogens is 160 g/mol. The fourth-order valence-corrected chi connectivity index (χ4v) is 1.98. The van der Waals surface area contributed by atoms with Crippen LogP contribution in [-0.2, 0) is 0 Å². The Kier molecular flexibility index (Phi) is 3.94. The molecule has 1 N–H and O–H groups in total. The molecule has 0 bridgehead atoms. The smallest absolute Gasteiger partial charge is 0.0280 e. The van der Waals surface area contributed by atoms with Gasteiger partial charge in [-0.3, -0.25) is 0 Å². The molecule has 2 atom stereocenters. The maximum absolute atomic E-state index is 3.62. The fourth-order valence-electron chi connectivity index (χ4n) is 1.98. The summed E-state index contributed by atoms with van der Waals surface area (Å²) in [6.07, 6.45) is 6.93. The maximum atomic E-state index is 3.62. The number of rotatable bonds is 3. The molecule has 0 aromatic heterocycles. The molecule has 2 heteroatoms. The van der Waals surface area contributed by atoms with E-state index in [1.54, 1.807) is 0 Å². The van der Waals surface area contributed by atoms with Crippen molar-refractivity contribution in [2.24, 2.45) is 0 Å². The minimum absolute atomic E-state index is 0.582. The van der Waals surface area contributed by atoms with E-state index < -0.39 is 0 Å². The van der Waals surface area contributed by atoms with E-state index >= 15 is 0 Å². The van der Waals surface area contributed by atoms with E-state index in [4.69, 9.17) is 0 Å². The fraction of sp³-hybridized carbons (Fsp3) is 0.818. The summed E-state index contributed by atoms with van der Waals surface area (Å²) in [5.41, 5.74) is 0. The van der Waals surface area contributed by atoms with E-state index in [9.17, 15) is 0 Å². The highest BCUT2D eigenvalue weighted by atomic mass is 15.1. The van der Waals surface area contributed by atoms with Crippen LogP contribution in [-0.4, -0.2) is 37.1 Å². The molecule has 76 valence electrons. The van der Waals surface area contributed by atoms with Gasteiger partial charge in [0.05, 0.1) is 0 Å². The first-order valence-corrected chi connectivity index (χ1v) is 5.18. The van der Waals surface area contributed by atoms with Crippen LogP contribution < -0.4 is 5.32 Å². The molecule has 0 radical (unpaired) electrons. The van der Waals surface area contributed by atoms with Crippen molar-refractivity contribution in [3.63, 3.8) is 0 Å². The molecule has 1 rings (SSSR count). The zero-order chi connectivity index (χ0) is 9.84. The molecule has 0 unspecified atom stereocenters.